The molecular weight excluding hydrogens is 537 g/mol. The Bertz CT molecular complexity index is 1690. The molecule has 6 nitrogen and oxygen atoms in total. The van der Waals surface area contributed by atoms with Crippen LogP contribution in [0.1, 0.15) is 27.4 Å². The second-order valence-electron chi connectivity index (χ2n) is 9.07. The van der Waals surface area contributed by atoms with Crippen LogP contribution in [-0.4, -0.2) is 27.1 Å². The Hall–Kier alpha value is -4.08. The van der Waals surface area contributed by atoms with Crippen molar-refractivity contribution in [2.24, 2.45) is 0 Å². The number of nitrogens with zero attached hydrogens (tertiary/aromatic N) is 1. The summed E-state index contributed by atoms with van der Waals surface area (Å²) in [4.78, 5) is 13.5. The van der Waals surface area contributed by atoms with Crippen LogP contribution in [0.15, 0.2) is 132 Å². The van der Waals surface area contributed by atoms with Gasteiger partial charge in [0.1, 0.15) is 0 Å². The molecule has 1 aliphatic rings. The first-order valence-electron chi connectivity index (χ1n) is 12.0. The van der Waals surface area contributed by atoms with Crippen molar-refractivity contribution in [3.05, 3.63) is 139 Å². The Balaban J connectivity index is 1.62. The van der Waals surface area contributed by atoms with Crippen LogP contribution >= 0.6 is 0 Å². The van der Waals surface area contributed by atoms with Gasteiger partial charge in [-0.3, -0.25) is 4.79 Å². The van der Waals surface area contributed by atoms with Crippen LogP contribution in [0, 0.1) is 0 Å². The fourth-order valence-corrected chi connectivity index (χ4v) is 9.34. The Kier molecular flexibility index (Phi) is 6.74. The van der Waals surface area contributed by atoms with Crippen LogP contribution in [0.4, 0.5) is 10.1 Å². The molecule has 0 saturated heterocycles. The van der Waals surface area contributed by atoms with Crippen LogP contribution in [0.5, 0.6) is 0 Å². The Labute approximate surface area is 226 Å². The molecular formula is C30H24FNO5S2. The quantitative estimate of drug-likeness (QED) is 0.258. The van der Waals surface area contributed by atoms with E-state index >= 15 is 4.39 Å². The minimum atomic E-state index is -5.13. The maximum absolute atomic E-state index is 17.4. The van der Waals surface area contributed by atoms with Crippen molar-refractivity contribution < 1.29 is 26.0 Å². The van der Waals surface area contributed by atoms with Gasteiger partial charge in [0, 0.05) is 11.3 Å². The third-order valence-electron chi connectivity index (χ3n) is 6.83. The Morgan fingerprint density at radius 3 is 1.72 bits per heavy atom. The summed E-state index contributed by atoms with van der Waals surface area (Å²) in [6.07, 6.45) is 0.993. The zero-order chi connectivity index (χ0) is 27.8. The predicted octanol–water partition coefficient (Wildman–Crippen LogP) is 5.69. The number of fused-ring (bicyclic) bond motifs is 1. The molecule has 0 aromatic heterocycles. The van der Waals surface area contributed by atoms with Gasteiger partial charge in [-0.1, -0.05) is 72.8 Å². The van der Waals surface area contributed by atoms with Crippen molar-refractivity contribution in [3.63, 3.8) is 0 Å². The Morgan fingerprint density at radius 1 is 0.744 bits per heavy atom. The molecule has 0 aliphatic carbocycles. The summed E-state index contributed by atoms with van der Waals surface area (Å²) in [6.45, 7) is 3.97. The van der Waals surface area contributed by atoms with Crippen molar-refractivity contribution in [1.82, 2.24) is 0 Å². The lowest BCUT2D eigenvalue weighted by atomic mass is 9.99. The van der Waals surface area contributed by atoms with E-state index in [1.165, 1.54) is 36.4 Å². The van der Waals surface area contributed by atoms with Gasteiger partial charge in [0.15, 0.2) is 0 Å². The summed E-state index contributed by atoms with van der Waals surface area (Å²) in [7, 11) is -10.3. The molecule has 1 atom stereocenters. The van der Waals surface area contributed by atoms with Gasteiger partial charge in [-0.2, -0.15) is 0 Å². The molecule has 0 N–H and O–H groups in total. The van der Waals surface area contributed by atoms with Gasteiger partial charge in [-0.15, -0.1) is 6.58 Å². The molecule has 0 bridgehead atoms. The molecule has 5 rings (SSSR count). The number of allylic oxidation sites excluding steroid dienone is 1. The Morgan fingerprint density at radius 2 is 1.23 bits per heavy atom. The number of hydrogen-bond acceptors (Lipinski definition) is 5. The number of benzene rings is 4. The second-order valence-corrected chi connectivity index (χ2v) is 13.5. The van der Waals surface area contributed by atoms with Gasteiger partial charge >= 0.3 is 4.33 Å². The van der Waals surface area contributed by atoms with E-state index in [9.17, 15) is 21.6 Å². The van der Waals surface area contributed by atoms with Crippen LogP contribution in [-0.2, 0) is 26.2 Å². The minimum Gasteiger partial charge on any atom is -0.304 e. The second kappa shape index (κ2) is 9.91. The van der Waals surface area contributed by atoms with E-state index in [1.807, 2.05) is 12.1 Å². The summed E-state index contributed by atoms with van der Waals surface area (Å²) in [6, 6.07) is 26.4. The molecule has 9 heteroatoms. The van der Waals surface area contributed by atoms with Crippen LogP contribution in [0.3, 0.4) is 0 Å². The lowest BCUT2D eigenvalue weighted by molar-refractivity contribution is 0.0996. The monoisotopic (exact) mass is 561 g/mol. The first-order chi connectivity index (χ1) is 18.6. The summed E-state index contributed by atoms with van der Waals surface area (Å²) in [5.74, 6) is -2.00. The van der Waals surface area contributed by atoms with Crippen LogP contribution in [0.25, 0.3) is 0 Å². The lowest BCUT2D eigenvalue weighted by Gasteiger charge is -2.32. The highest BCUT2D eigenvalue weighted by molar-refractivity contribution is 8.10. The van der Waals surface area contributed by atoms with Gasteiger partial charge in [0.2, 0.25) is 19.7 Å². The summed E-state index contributed by atoms with van der Waals surface area (Å²) in [5.41, 5.74) is 2.01. The number of alkyl halides is 1. The third kappa shape index (κ3) is 4.18. The zero-order valence-corrected chi connectivity index (χ0v) is 22.3. The number of halogens is 1. The number of carbonyl (C=O) groups is 1. The van der Waals surface area contributed by atoms with E-state index in [0.29, 0.717) is 17.8 Å². The number of sulfone groups is 2. The fraction of sp³-hybridized carbons (Fsp3) is 0.100. The fourth-order valence-electron chi connectivity index (χ4n) is 4.80. The van der Waals surface area contributed by atoms with E-state index in [2.05, 4.69) is 6.58 Å². The number of rotatable bonds is 8. The predicted molar refractivity (Wildman–Crippen MR) is 147 cm³/mol. The normalized spacial score (nSPS) is 14.6. The highest BCUT2D eigenvalue weighted by Crippen LogP contribution is 2.48. The summed E-state index contributed by atoms with van der Waals surface area (Å²) >= 11 is 0. The van der Waals surface area contributed by atoms with Crippen molar-refractivity contribution in [2.75, 3.05) is 4.90 Å². The van der Waals surface area contributed by atoms with Gasteiger partial charge in [0.05, 0.1) is 22.3 Å². The molecule has 1 heterocycles. The van der Waals surface area contributed by atoms with E-state index < -0.39 is 39.7 Å². The van der Waals surface area contributed by atoms with Gasteiger partial charge in [-0.25, -0.2) is 21.2 Å². The largest absolute Gasteiger partial charge is 0.327 e. The molecule has 1 aliphatic heterocycles. The number of hydrogen-bond donors (Lipinski definition) is 0. The molecule has 0 spiro atoms. The molecule has 39 heavy (non-hydrogen) atoms. The lowest BCUT2D eigenvalue weighted by Crippen LogP contribution is -2.47. The molecule has 0 radical (unpaired) electrons. The van der Waals surface area contributed by atoms with Crippen molar-refractivity contribution >= 4 is 31.3 Å². The molecule has 4 aromatic rings. The SMILES string of the molecule is C=CC(c1ccc(N2Cc3ccccc3C2=O)cc1)C(F)(S(=O)(=O)c1ccccc1)S(=O)(=O)c1ccccc1. The average molecular weight is 562 g/mol. The maximum atomic E-state index is 17.4. The van der Waals surface area contributed by atoms with Gasteiger partial charge in [0.25, 0.3) is 5.91 Å². The van der Waals surface area contributed by atoms with Gasteiger partial charge in [-0.05, 0) is 53.6 Å². The van der Waals surface area contributed by atoms with Crippen molar-refractivity contribution in [2.45, 2.75) is 26.6 Å². The van der Waals surface area contributed by atoms with E-state index in [0.717, 1.165) is 35.9 Å². The van der Waals surface area contributed by atoms with Crippen LogP contribution in [0.2, 0.25) is 0 Å². The molecule has 0 saturated carbocycles. The first kappa shape index (κ1) is 26.5. The maximum Gasteiger partial charge on any atom is 0.327 e. The smallest absolute Gasteiger partial charge is 0.304 e. The van der Waals surface area contributed by atoms with Crippen molar-refractivity contribution in [1.29, 1.82) is 0 Å². The molecule has 4 aromatic carbocycles. The highest BCUT2D eigenvalue weighted by atomic mass is 32.3. The molecule has 198 valence electrons. The number of anilines is 1. The first-order valence-corrected chi connectivity index (χ1v) is 15.0. The highest BCUT2D eigenvalue weighted by Gasteiger charge is 2.62. The average Bonchev–Trinajstić information content (AvgIpc) is 3.30. The zero-order valence-electron chi connectivity index (χ0n) is 20.6. The van der Waals surface area contributed by atoms with Crippen molar-refractivity contribution in [3.8, 4) is 0 Å². The molecule has 1 unspecified atom stereocenters. The van der Waals surface area contributed by atoms with E-state index in [1.54, 1.807) is 41.3 Å². The van der Waals surface area contributed by atoms with Gasteiger partial charge < -0.3 is 4.90 Å². The third-order valence-corrected chi connectivity index (χ3v) is 11.9. The topological polar surface area (TPSA) is 88.6 Å². The van der Waals surface area contributed by atoms with E-state index in [4.69, 9.17) is 0 Å². The summed E-state index contributed by atoms with van der Waals surface area (Å²) in [5, 5.41) is 0. The number of amides is 1. The summed E-state index contributed by atoms with van der Waals surface area (Å²) < 4.78 is 68.9. The minimum absolute atomic E-state index is 0.0689. The molecule has 0 fully saturated rings. The van der Waals surface area contributed by atoms with E-state index in [-0.39, 0.29) is 11.5 Å². The molecule has 1 amide bonds. The number of carbonyl (C=O) groups excluding carboxylic acids is 1. The standard InChI is InChI=1S/C30H24FNO5S2/c1-2-28(22-17-19-24(20-18-22)32-21-23-11-9-10-16-27(23)29(32)33)30(31,38(34,35)25-12-5-3-6-13-25)39(36,37)26-14-7-4-8-15-26/h2-20,28H,1,21H2. The van der Waals surface area contributed by atoms with Crippen LogP contribution < -0.4 is 4.90 Å².